The van der Waals surface area contributed by atoms with Crippen molar-refractivity contribution in [1.29, 1.82) is 0 Å². The van der Waals surface area contributed by atoms with Gasteiger partial charge in [-0.2, -0.15) is 13.2 Å². The Balaban J connectivity index is 1.43. The third kappa shape index (κ3) is 4.97. The van der Waals surface area contributed by atoms with Crippen molar-refractivity contribution in [1.82, 2.24) is 9.80 Å². The second-order valence-corrected chi connectivity index (χ2v) is 8.36. The van der Waals surface area contributed by atoms with Crippen molar-refractivity contribution < 1.29 is 27.7 Å². The highest BCUT2D eigenvalue weighted by atomic mass is 19.4. The molecule has 2 aliphatic rings. The molecule has 0 atom stereocenters. The van der Waals surface area contributed by atoms with Crippen LogP contribution in [0.3, 0.4) is 0 Å². The number of nitro benzene ring substituents is 1. The zero-order valence-electron chi connectivity index (χ0n) is 18.3. The first-order chi connectivity index (χ1) is 16.1. The summed E-state index contributed by atoms with van der Waals surface area (Å²) in [5.74, 6) is -0.0959. The Kier molecular flexibility index (Phi) is 6.45. The molecule has 2 heterocycles. The van der Waals surface area contributed by atoms with Crippen LogP contribution in [0.15, 0.2) is 42.5 Å². The number of carbonyl (C=O) groups excluding carboxylic acids is 2. The number of anilines is 1. The molecule has 2 aromatic rings. The summed E-state index contributed by atoms with van der Waals surface area (Å²) in [6.07, 6.45) is -3.30. The second-order valence-electron chi connectivity index (χ2n) is 8.36. The maximum atomic E-state index is 13.0. The molecular weight excluding hydrogens is 453 g/mol. The molecule has 2 fully saturated rings. The van der Waals surface area contributed by atoms with Gasteiger partial charge in [0.05, 0.1) is 10.5 Å². The lowest BCUT2D eigenvalue weighted by atomic mass is 10.1. The van der Waals surface area contributed by atoms with Gasteiger partial charge < -0.3 is 14.7 Å². The standard InChI is InChI=1S/C23H23F3N4O4/c24-23(25,26)18-6-7-19(20(14-18)30(33)34)27-9-11-28(12-10-27)22(32)17-4-1-3-16(13-17)15-29-8-2-5-21(29)31/h1,3-4,6-7,13-14H,2,5,8-12,15H2. The van der Waals surface area contributed by atoms with Gasteiger partial charge in [0.15, 0.2) is 0 Å². The highest BCUT2D eigenvalue weighted by Crippen LogP contribution is 2.36. The molecule has 0 saturated carbocycles. The van der Waals surface area contributed by atoms with Gasteiger partial charge in [0.2, 0.25) is 5.91 Å². The monoisotopic (exact) mass is 476 g/mol. The first-order valence-corrected chi connectivity index (χ1v) is 10.9. The van der Waals surface area contributed by atoms with Crippen LogP contribution in [0.1, 0.15) is 34.3 Å². The predicted octanol–water partition coefficient (Wildman–Crippen LogP) is 3.70. The molecule has 2 aromatic carbocycles. The summed E-state index contributed by atoms with van der Waals surface area (Å²) in [5, 5.41) is 11.4. The Morgan fingerprint density at radius 1 is 1.03 bits per heavy atom. The maximum Gasteiger partial charge on any atom is 0.416 e. The van der Waals surface area contributed by atoms with Gasteiger partial charge in [0, 0.05) is 57.3 Å². The third-order valence-electron chi connectivity index (χ3n) is 6.13. The lowest BCUT2D eigenvalue weighted by Gasteiger charge is -2.36. The largest absolute Gasteiger partial charge is 0.416 e. The second kappa shape index (κ2) is 9.32. The number of rotatable bonds is 5. The fourth-order valence-corrected chi connectivity index (χ4v) is 4.34. The molecule has 2 aliphatic heterocycles. The van der Waals surface area contributed by atoms with E-state index in [1.165, 1.54) is 0 Å². The van der Waals surface area contributed by atoms with Crippen LogP contribution in [0.4, 0.5) is 24.5 Å². The van der Waals surface area contributed by atoms with E-state index in [0.29, 0.717) is 31.1 Å². The van der Waals surface area contributed by atoms with Gasteiger partial charge in [-0.1, -0.05) is 12.1 Å². The van der Waals surface area contributed by atoms with Gasteiger partial charge in [0.1, 0.15) is 5.69 Å². The number of benzene rings is 2. The molecule has 0 aliphatic carbocycles. The van der Waals surface area contributed by atoms with E-state index in [9.17, 15) is 32.9 Å². The minimum atomic E-state index is -4.68. The van der Waals surface area contributed by atoms with E-state index in [-0.39, 0.29) is 43.7 Å². The average Bonchev–Trinajstić information content (AvgIpc) is 3.22. The molecule has 0 aromatic heterocycles. The summed E-state index contributed by atoms with van der Waals surface area (Å²) in [6, 6.07) is 9.59. The molecule has 0 unspecified atom stereocenters. The summed E-state index contributed by atoms with van der Waals surface area (Å²) in [7, 11) is 0. The van der Waals surface area contributed by atoms with Crippen LogP contribution >= 0.6 is 0 Å². The Morgan fingerprint density at radius 3 is 2.38 bits per heavy atom. The van der Waals surface area contributed by atoms with E-state index in [2.05, 4.69) is 0 Å². The lowest BCUT2D eigenvalue weighted by Crippen LogP contribution is -2.49. The molecule has 180 valence electrons. The molecule has 8 nitrogen and oxygen atoms in total. The van der Waals surface area contributed by atoms with Crippen molar-refractivity contribution in [2.75, 3.05) is 37.6 Å². The number of piperazine rings is 1. The maximum absolute atomic E-state index is 13.0. The van der Waals surface area contributed by atoms with Gasteiger partial charge in [-0.3, -0.25) is 19.7 Å². The molecule has 11 heteroatoms. The fourth-order valence-electron chi connectivity index (χ4n) is 4.34. The van der Waals surface area contributed by atoms with Gasteiger partial charge >= 0.3 is 6.18 Å². The molecule has 0 radical (unpaired) electrons. The summed E-state index contributed by atoms with van der Waals surface area (Å²) >= 11 is 0. The highest BCUT2D eigenvalue weighted by Gasteiger charge is 2.34. The van der Waals surface area contributed by atoms with Gasteiger partial charge in [-0.25, -0.2) is 0 Å². The molecular formula is C23H23F3N4O4. The van der Waals surface area contributed by atoms with Crippen LogP contribution in [0, 0.1) is 10.1 Å². The van der Waals surface area contributed by atoms with Crippen LogP contribution in [0.2, 0.25) is 0 Å². The summed E-state index contributed by atoms with van der Waals surface area (Å²) in [6.45, 7) is 2.19. The number of amides is 2. The van der Waals surface area contributed by atoms with Crippen LogP contribution in [-0.2, 0) is 17.5 Å². The van der Waals surface area contributed by atoms with E-state index in [4.69, 9.17) is 0 Å². The normalized spacial score (nSPS) is 16.8. The third-order valence-corrected chi connectivity index (χ3v) is 6.13. The number of alkyl halides is 3. The predicted molar refractivity (Wildman–Crippen MR) is 117 cm³/mol. The zero-order valence-corrected chi connectivity index (χ0v) is 18.3. The van der Waals surface area contributed by atoms with Crippen LogP contribution < -0.4 is 4.90 Å². The smallest absolute Gasteiger partial charge is 0.362 e. The topological polar surface area (TPSA) is 87.0 Å². The Bertz CT molecular complexity index is 1110. The number of hydrogen-bond donors (Lipinski definition) is 0. The quantitative estimate of drug-likeness (QED) is 0.485. The number of likely N-dealkylation sites (tertiary alicyclic amines) is 1. The van der Waals surface area contributed by atoms with Gasteiger partial charge in [-0.05, 0) is 36.2 Å². The molecule has 2 amide bonds. The first-order valence-electron chi connectivity index (χ1n) is 10.9. The number of nitro groups is 1. The van der Waals surface area contributed by atoms with E-state index >= 15 is 0 Å². The minimum Gasteiger partial charge on any atom is -0.362 e. The number of halogens is 3. The van der Waals surface area contributed by atoms with Crippen molar-refractivity contribution >= 4 is 23.2 Å². The Morgan fingerprint density at radius 2 is 1.76 bits per heavy atom. The van der Waals surface area contributed by atoms with E-state index in [0.717, 1.165) is 24.1 Å². The van der Waals surface area contributed by atoms with Crippen LogP contribution in [0.5, 0.6) is 0 Å². The zero-order chi connectivity index (χ0) is 24.5. The highest BCUT2D eigenvalue weighted by molar-refractivity contribution is 5.94. The lowest BCUT2D eigenvalue weighted by molar-refractivity contribution is -0.384. The number of carbonyl (C=O) groups is 2. The summed E-state index contributed by atoms with van der Waals surface area (Å²) in [4.78, 5) is 40.5. The van der Waals surface area contributed by atoms with E-state index in [1.54, 1.807) is 32.9 Å². The van der Waals surface area contributed by atoms with Crippen molar-refractivity contribution in [3.63, 3.8) is 0 Å². The Labute approximate surface area is 193 Å². The van der Waals surface area contributed by atoms with Crippen LogP contribution in [0.25, 0.3) is 0 Å². The van der Waals surface area contributed by atoms with Crippen molar-refractivity contribution in [2.24, 2.45) is 0 Å². The van der Waals surface area contributed by atoms with Crippen LogP contribution in [-0.4, -0.2) is 59.3 Å². The van der Waals surface area contributed by atoms with Crippen molar-refractivity contribution in [2.45, 2.75) is 25.6 Å². The first kappa shape index (κ1) is 23.5. The molecule has 0 spiro atoms. The molecule has 0 bridgehead atoms. The SMILES string of the molecule is O=C1CCCN1Cc1cccc(C(=O)N2CCN(c3ccc(C(F)(F)F)cc3[N+](=O)[O-])CC2)c1. The van der Waals surface area contributed by atoms with E-state index < -0.39 is 22.4 Å². The van der Waals surface area contributed by atoms with Crippen molar-refractivity contribution in [3.05, 3.63) is 69.3 Å². The van der Waals surface area contributed by atoms with Crippen molar-refractivity contribution in [3.8, 4) is 0 Å². The minimum absolute atomic E-state index is 0.0994. The summed E-state index contributed by atoms with van der Waals surface area (Å²) in [5.41, 5.74) is -0.244. The van der Waals surface area contributed by atoms with E-state index in [1.807, 2.05) is 6.07 Å². The summed E-state index contributed by atoms with van der Waals surface area (Å²) < 4.78 is 38.9. The number of nitrogens with zero attached hydrogens (tertiary/aromatic N) is 4. The molecule has 4 rings (SSSR count). The fraction of sp³-hybridized carbons (Fsp3) is 0.391. The number of hydrogen-bond acceptors (Lipinski definition) is 5. The molecule has 2 saturated heterocycles. The van der Waals surface area contributed by atoms with Gasteiger partial charge in [-0.15, -0.1) is 0 Å². The molecule has 0 N–H and O–H groups in total. The molecule has 34 heavy (non-hydrogen) atoms. The van der Waals surface area contributed by atoms with Gasteiger partial charge in [0.25, 0.3) is 11.6 Å². The Hall–Kier alpha value is -3.63. The average molecular weight is 476 g/mol.